The molecular formula is C17H36N2O. The first kappa shape index (κ1) is 17.9. The summed E-state index contributed by atoms with van der Waals surface area (Å²) < 4.78 is 0. The molecule has 0 aromatic rings. The van der Waals surface area contributed by atoms with Crippen molar-refractivity contribution < 1.29 is 5.11 Å². The Hall–Kier alpha value is -0.120. The Morgan fingerprint density at radius 3 is 2.20 bits per heavy atom. The van der Waals surface area contributed by atoms with E-state index >= 15 is 0 Å². The smallest absolute Gasteiger partial charge is 0.0611 e. The van der Waals surface area contributed by atoms with Crippen molar-refractivity contribution in [3.05, 3.63) is 0 Å². The number of aliphatic hydroxyl groups excluding tert-OH is 1. The zero-order valence-electron chi connectivity index (χ0n) is 14.4. The van der Waals surface area contributed by atoms with Crippen LogP contribution in [0.4, 0.5) is 0 Å². The van der Waals surface area contributed by atoms with Crippen molar-refractivity contribution in [1.82, 2.24) is 10.2 Å². The molecule has 2 atom stereocenters. The molecule has 1 rings (SSSR count). The molecule has 0 radical (unpaired) electrons. The summed E-state index contributed by atoms with van der Waals surface area (Å²) in [6, 6.07) is 1.74. The van der Waals surface area contributed by atoms with E-state index in [0.29, 0.717) is 12.1 Å². The van der Waals surface area contributed by atoms with Crippen LogP contribution in [0.15, 0.2) is 0 Å². The van der Waals surface area contributed by atoms with E-state index in [1.165, 1.54) is 25.8 Å². The molecule has 3 heteroatoms. The highest BCUT2D eigenvalue weighted by Gasteiger charge is 2.35. The van der Waals surface area contributed by atoms with Gasteiger partial charge in [-0.2, -0.15) is 0 Å². The first-order chi connectivity index (χ1) is 9.27. The van der Waals surface area contributed by atoms with E-state index in [9.17, 15) is 5.11 Å². The summed E-state index contributed by atoms with van der Waals surface area (Å²) in [4.78, 5) is 2.68. The topological polar surface area (TPSA) is 35.5 Å². The molecule has 0 saturated heterocycles. The summed E-state index contributed by atoms with van der Waals surface area (Å²) in [5.41, 5.74) is -0.168. The zero-order valence-corrected chi connectivity index (χ0v) is 14.4. The summed E-state index contributed by atoms with van der Waals surface area (Å²) in [6.07, 6.45) is 5.00. The van der Waals surface area contributed by atoms with Crippen molar-refractivity contribution in [1.29, 1.82) is 0 Å². The van der Waals surface area contributed by atoms with E-state index in [2.05, 4.69) is 51.8 Å². The van der Waals surface area contributed by atoms with Crippen LogP contribution in [0.1, 0.15) is 67.2 Å². The van der Waals surface area contributed by atoms with Crippen molar-refractivity contribution in [2.75, 3.05) is 13.2 Å². The Morgan fingerprint density at radius 2 is 1.80 bits per heavy atom. The SMILES string of the molecule is CC(C)CCN(C(C)CC(C)(CO)NC(C)C)C1CC1. The second-order valence-electron chi connectivity index (χ2n) is 7.72. The van der Waals surface area contributed by atoms with Crippen LogP contribution >= 0.6 is 0 Å². The van der Waals surface area contributed by atoms with Gasteiger partial charge in [-0.05, 0) is 52.0 Å². The minimum Gasteiger partial charge on any atom is -0.394 e. The molecule has 0 aromatic heterocycles. The van der Waals surface area contributed by atoms with E-state index in [0.717, 1.165) is 18.4 Å². The first-order valence-corrected chi connectivity index (χ1v) is 8.41. The standard InChI is InChI=1S/C17H36N2O/c1-13(2)9-10-19(16-7-8-16)15(5)11-17(6,12-20)18-14(3)4/h13-16,18,20H,7-12H2,1-6H3. The van der Waals surface area contributed by atoms with Crippen molar-refractivity contribution in [3.8, 4) is 0 Å². The molecule has 1 saturated carbocycles. The number of nitrogens with zero attached hydrogens (tertiary/aromatic N) is 1. The lowest BCUT2D eigenvalue weighted by molar-refractivity contribution is 0.102. The highest BCUT2D eigenvalue weighted by Crippen LogP contribution is 2.31. The summed E-state index contributed by atoms with van der Waals surface area (Å²) in [6.45, 7) is 14.8. The second kappa shape index (κ2) is 7.77. The second-order valence-corrected chi connectivity index (χ2v) is 7.72. The maximum Gasteiger partial charge on any atom is 0.0611 e. The number of nitrogens with one attached hydrogen (secondary N) is 1. The van der Waals surface area contributed by atoms with Crippen LogP contribution in [0.2, 0.25) is 0 Å². The monoisotopic (exact) mass is 284 g/mol. The fourth-order valence-corrected chi connectivity index (χ4v) is 3.21. The van der Waals surface area contributed by atoms with Crippen LogP contribution in [0.25, 0.3) is 0 Å². The predicted octanol–water partition coefficient (Wildman–Crippen LogP) is 3.02. The van der Waals surface area contributed by atoms with E-state index in [1.54, 1.807) is 0 Å². The molecule has 0 amide bonds. The molecule has 1 aliphatic carbocycles. The zero-order chi connectivity index (χ0) is 15.3. The maximum absolute atomic E-state index is 9.76. The summed E-state index contributed by atoms with van der Waals surface area (Å²) >= 11 is 0. The van der Waals surface area contributed by atoms with E-state index < -0.39 is 0 Å². The van der Waals surface area contributed by atoms with Crippen molar-refractivity contribution in [2.24, 2.45) is 5.92 Å². The van der Waals surface area contributed by atoms with Gasteiger partial charge in [-0.25, -0.2) is 0 Å². The van der Waals surface area contributed by atoms with Crippen LogP contribution in [0.5, 0.6) is 0 Å². The van der Waals surface area contributed by atoms with Crippen molar-refractivity contribution in [2.45, 2.75) is 90.9 Å². The van der Waals surface area contributed by atoms with Crippen LogP contribution in [0, 0.1) is 5.92 Å². The third kappa shape index (κ3) is 6.11. The third-order valence-corrected chi connectivity index (χ3v) is 4.28. The lowest BCUT2D eigenvalue weighted by atomic mass is 9.92. The Morgan fingerprint density at radius 1 is 1.20 bits per heavy atom. The van der Waals surface area contributed by atoms with Gasteiger partial charge in [0, 0.05) is 23.7 Å². The number of hydrogen-bond acceptors (Lipinski definition) is 3. The van der Waals surface area contributed by atoms with Gasteiger partial charge in [0.2, 0.25) is 0 Å². The van der Waals surface area contributed by atoms with E-state index in [1.807, 2.05) is 0 Å². The van der Waals surface area contributed by atoms with Crippen LogP contribution < -0.4 is 5.32 Å². The average Bonchev–Trinajstić information content (AvgIpc) is 3.12. The van der Waals surface area contributed by atoms with Gasteiger partial charge in [0.25, 0.3) is 0 Å². The number of hydrogen-bond donors (Lipinski definition) is 2. The number of rotatable bonds is 10. The summed E-state index contributed by atoms with van der Waals surface area (Å²) in [5, 5.41) is 13.3. The van der Waals surface area contributed by atoms with Gasteiger partial charge in [-0.15, -0.1) is 0 Å². The third-order valence-electron chi connectivity index (χ3n) is 4.28. The van der Waals surface area contributed by atoms with Gasteiger partial charge in [0.1, 0.15) is 0 Å². The van der Waals surface area contributed by atoms with Gasteiger partial charge < -0.3 is 10.4 Å². The Bertz CT molecular complexity index is 276. The normalized spacial score (nSPS) is 20.7. The summed E-state index contributed by atoms with van der Waals surface area (Å²) in [5.74, 6) is 0.765. The Labute approximate surface area is 126 Å². The summed E-state index contributed by atoms with van der Waals surface area (Å²) in [7, 11) is 0. The molecule has 0 spiro atoms. The van der Waals surface area contributed by atoms with Gasteiger partial charge >= 0.3 is 0 Å². The van der Waals surface area contributed by atoms with Gasteiger partial charge in [0.15, 0.2) is 0 Å². The van der Waals surface area contributed by atoms with Crippen LogP contribution in [0.3, 0.4) is 0 Å². The molecule has 20 heavy (non-hydrogen) atoms. The lowest BCUT2D eigenvalue weighted by Gasteiger charge is -2.38. The van der Waals surface area contributed by atoms with Gasteiger partial charge in [0.05, 0.1) is 6.61 Å². The maximum atomic E-state index is 9.76. The fraction of sp³-hybridized carbons (Fsp3) is 1.00. The molecule has 120 valence electrons. The minimum absolute atomic E-state index is 0.168. The molecule has 0 aromatic carbocycles. The molecular weight excluding hydrogens is 248 g/mol. The van der Waals surface area contributed by atoms with Crippen LogP contribution in [-0.2, 0) is 0 Å². The number of aliphatic hydroxyl groups is 1. The highest BCUT2D eigenvalue weighted by molar-refractivity contribution is 4.93. The molecule has 3 nitrogen and oxygen atoms in total. The first-order valence-electron chi connectivity index (χ1n) is 8.41. The quantitative estimate of drug-likeness (QED) is 0.647. The molecule has 2 N–H and O–H groups in total. The van der Waals surface area contributed by atoms with Crippen molar-refractivity contribution in [3.63, 3.8) is 0 Å². The highest BCUT2D eigenvalue weighted by atomic mass is 16.3. The fourth-order valence-electron chi connectivity index (χ4n) is 3.21. The van der Waals surface area contributed by atoms with Crippen LogP contribution in [-0.4, -0.2) is 46.8 Å². The van der Waals surface area contributed by atoms with E-state index in [-0.39, 0.29) is 12.1 Å². The predicted molar refractivity (Wildman–Crippen MR) is 87.0 cm³/mol. The molecule has 2 unspecified atom stereocenters. The van der Waals surface area contributed by atoms with E-state index in [4.69, 9.17) is 0 Å². The lowest BCUT2D eigenvalue weighted by Crippen LogP contribution is -2.53. The molecule has 1 fully saturated rings. The van der Waals surface area contributed by atoms with Crippen molar-refractivity contribution >= 4 is 0 Å². The largest absolute Gasteiger partial charge is 0.394 e. The molecule has 0 bridgehead atoms. The van der Waals surface area contributed by atoms with Gasteiger partial charge in [-0.3, -0.25) is 4.90 Å². The minimum atomic E-state index is -0.168. The average molecular weight is 284 g/mol. The Balaban J connectivity index is 2.57. The molecule has 1 aliphatic rings. The van der Waals surface area contributed by atoms with Gasteiger partial charge in [-0.1, -0.05) is 27.7 Å². The molecule has 0 heterocycles. The Kier molecular flexibility index (Phi) is 6.96. The molecule has 0 aliphatic heterocycles.